The highest BCUT2D eigenvalue weighted by Crippen LogP contribution is 2.32. The lowest BCUT2D eigenvalue weighted by Gasteiger charge is -2.38. The number of hydrogen-bond acceptors (Lipinski definition) is 3. The zero-order valence-electron chi connectivity index (χ0n) is 14.8. The molecule has 0 radical (unpaired) electrons. The summed E-state index contributed by atoms with van der Waals surface area (Å²) in [5.74, 6) is -0.0561. The number of nitrogens with zero attached hydrogens (tertiary/aromatic N) is 2. The van der Waals surface area contributed by atoms with Gasteiger partial charge >= 0.3 is 0 Å². The van der Waals surface area contributed by atoms with Crippen LogP contribution in [0.5, 0.6) is 5.75 Å². The second-order valence-electron chi connectivity index (χ2n) is 6.33. The van der Waals surface area contributed by atoms with Gasteiger partial charge < -0.3 is 14.9 Å². The topological polar surface area (TPSA) is 60.9 Å². The molecule has 0 saturated carbocycles. The Morgan fingerprint density at radius 3 is 2.54 bits per heavy atom. The van der Waals surface area contributed by atoms with Crippen LogP contribution in [0.25, 0.3) is 11.1 Å². The smallest absolute Gasteiger partial charge is 0.254 e. The molecule has 1 heterocycles. The van der Waals surface area contributed by atoms with E-state index in [4.69, 9.17) is 11.6 Å². The maximum Gasteiger partial charge on any atom is 0.254 e. The number of carbonyl (C=O) groups excluding carboxylic acids is 2. The molecule has 1 saturated heterocycles. The summed E-state index contributed by atoms with van der Waals surface area (Å²) >= 11 is 6.00. The van der Waals surface area contributed by atoms with Crippen molar-refractivity contribution in [1.82, 2.24) is 9.80 Å². The Hall–Kier alpha value is -2.53. The van der Waals surface area contributed by atoms with Gasteiger partial charge in [0.2, 0.25) is 5.91 Å². The first-order valence-corrected chi connectivity index (χ1v) is 8.99. The summed E-state index contributed by atoms with van der Waals surface area (Å²) in [4.78, 5) is 28.5. The van der Waals surface area contributed by atoms with Crippen LogP contribution < -0.4 is 0 Å². The number of rotatable bonds is 3. The summed E-state index contributed by atoms with van der Waals surface area (Å²) in [5.41, 5.74) is 1.89. The molecule has 0 unspecified atom stereocenters. The molecule has 1 fully saturated rings. The van der Waals surface area contributed by atoms with Crippen molar-refractivity contribution in [3.8, 4) is 16.9 Å². The predicted molar refractivity (Wildman–Crippen MR) is 101 cm³/mol. The van der Waals surface area contributed by atoms with Crippen molar-refractivity contribution in [3.05, 3.63) is 53.1 Å². The average molecular weight is 373 g/mol. The lowest BCUT2D eigenvalue weighted by Crippen LogP contribution is -2.57. The molecular weight excluding hydrogens is 352 g/mol. The second-order valence-corrected chi connectivity index (χ2v) is 6.77. The highest BCUT2D eigenvalue weighted by Gasteiger charge is 2.33. The Labute approximate surface area is 157 Å². The van der Waals surface area contributed by atoms with E-state index in [2.05, 4.69) is 0 Å². The number of phenolic OH excluding ortho intramolecular Hbond substituents is 1. The number of amides is 2. The predicted octanol–water partition coefficient (Wildman–Crippen LogP) is 3.41. The second kappa shape index (κ2) is 7.38. The summed E-state index contributed by atoms with van der Waals surface area (Å²) < 4.78 is 0. The minimum atomic E-state index is -0.465. The number of halogens is 1. The molecule has 2 amide bonds. The fourth-order valence-electron chi connectivity index (χ4n) is 3.22. The van der Waals surface area contributed by atoms with Crippen LogP contribution in [0.3, 0.4) is 0 Å². The first kappa shape index (κ1) is 18.3. The van der Waals surface area contributed by atoms with E-state index in [0.717, 1.165) is 5.56 Å². The van der Waals surface area contributed by atoms with E-state index in [1.165, 1.54) is 6.07 Å². The van der Waals surface area contributed by atoms with Crippen LogP contribution in [0.1, 0.15) is 24.2 Å². The summed E-state index contributed by atoms with van der Waals surface area (Å²) in [7, 11) is 0. The van der Waals surface area contributed by atoms with Gasteiger partial charge in [0.15, 0.2) is 0 Å². The first-order chi connectivity index (χ1) is 12.4. The number of hydrogen-bond donors (Lipinski definition) is 1. The Morgan fingerprint density at radius 2 is 1.88 bits per heavy atom. The summed E-state index contributed by atoms with van der Waals surface area (Å²) in [5, 5.41) is 10.5. The maximum absolute atomic E-state index is 12.8. The van der Waals surface area contributed by atoms with Gasteiger partial charge in [-0.25, -0.2) is 0 Å². The molecule has 0 bridgehead atoms. The van der Waals surface area contributed by atoms with Crippen LogP contribution >= 0.6 is 11.6 Å². The van der Waals surface area contributed by atoms with E-state index >= 15 is 0 Å². The van der Waals surface area contributed by atoms with Crippen LogP contribution in [0, 0.1) is 0 Å². The van der Waals surface area contributed by atoms with E-state index in [1.807, 2.05) is 6.92 Å². The van der Waals surface area contributed by atoms with E-state index < -0.39 is 6.04 Å². The Morgan fingerprint density at radius 1 is 1.19 bits per heavy atom. The van der Waals surface area contributed by atoms with E-state index in [1.54, 1.807) is 53.1 Å². The number of carbonyl (C=O) groups is 2. The summed E-state index contributed by atoms with van der Waals surface area (Å²) in [6, 6.07) is 11.3. The summed E-state index contributed by atoms with van der Waals surface area (Å²) in [6.07, 6.45) is 0. The van der Waals surface area contributed by atoms with Crippen molar-refractivity contribution < 1.29 is 14.7 Å². The largest absolute Gasteiger partial charge is 0.507 e. The molecule has 1 aliphatic rings. The van der Waals surface area contributed by atoms with Gasteiger partial charge in [0.25, 0.3) is 5.91 Å². The maximum atomic E-state index is 12.8. The van der Waals surface area contributed by atoms with Crippen molar-refractivity contribution in [3.63, 3.8) is 0 Å². The quantitative estimate of drug-likeness (QED) is 0.898. The molecular formula is C20H21ClN2O3. The number of likely N-dealkylation sites (N-methyl/N-ethyl adjacent to an activating group) is 1. The van der Waals surface area contributed by atoms with E-state index in [9.17, 15) is 14.7 Å². The first-order valence-electron chi connectivity index (χ1n) is 8.61. The van der Waals surface area contributed by atoms with Gasteiger partial charge in [-0.3, -0.25) is 9.59 Å². The van der Waals surface area contributed by atoms with Crippen molar-refractivity contribution in [2.75, 3.05) is 19.6 Å². The molecule has 5 nitrogen and oxygen atoms in total. The lowest BCUT2D eigenvalue weighted by molar-refractivity contribution is -0.139. The highest BCUT2D eigenvalue weighted by molar-refractivity contribution is 6.31. The van der Waals surface area contributed by atoms with Crippen LogP contribution in [0.4, 0.5) is 0 Å². The van der Waals surface area contributed by atoms with Gasteiger partial charge in [0, 0.05) is 35.8 Å². The fourth-order valence-corrected chi connectivity index (χ4v) is 3.39. The van der Waals surface area contributed by atoms with Gasteiger partial charge in [0.05, 0.1) is 0 Å². The molecule has 2 aromatic rings. The van der Waals surface area contributed by atoms with Crippen molar-refractivity contribution in [1.29, 1.82) is 0 Å². The zero-order valence-corrected chi connectivity index (χ0v) is 15.5. The normalized spacial score (nSPS) is 17.5. The molecule has 1 N–H and O–H groups in total. The molecule has 1 atom stereocenters. The molecule has 6 heteroatoms. The fraction of sp³-hybridized carbons (Fsp3) is 0.300. The van der Waals surface area contributed by atoms with Crippen LogP contribution in [0.2, 0.25) is 5.02 Å². The van der Waals surface area contributed by atoms with Gasteiger partial charge in [0.1, 0.15) is 11.8 Å². The molecule has 136 valence electrons. The van der Waals surface area contributed by atoms with E-state index in [-0.39, 0.29) is 17.6 Å². The third-order valence-corrected chi connectivity index (χ3v) is 5.03. The Kier molecular flexibility index (Phi) is 5.18. The monoisotopic (exact) mass is 372 g/mol. The molecule has 2 aromatic carbocycles. The lowest BCUT2D eigenvalue weighted by atomic mass is 10.0. The minimum absolute atomic E-state index is 0.0208. The minimum Gasteiger partial charge on any atom is -0.507 e. The number of phenols is 1. The molecule has 0 spiro atoms. The third kappa shape index (κ3) is 3.40. The third-order valence-electron chi connectivity index (χ3n) is 4.79. The molecule has 26 heavy (non-hydrogen) atoms. The number of aromatic hydroxyl groups is 1. The van der Waals surface area contributed by atoms with Gasteiger partial charge in [-0.15, -0.1) is 0 Å². The number of benzene rings is 2. The standard InChI is InChI=1S/C20H21ClN2O3/c1-3-22-10-11-23(13(2)19(22)25)20(26)15-6-4-14(5-7-15)17-12-16(21)8-9-18(17)24/h4-9,12-13,24H,3,10-11H2,1-2H3/t13-/m0/s1. The highest BCUT2D eigenvalue weighted by atomic mass is 35.5. The van der Waals surface area contributed by atoms with Gasteiger partial charge in [-0.05, 0) is 49.7 Å². The molecule has 0 aliphatic carbocycles. The van der Waals surface area contributed by atoms with Crippen LogP contribution in [-0.4, -0.2) is 52.4 Å². The van der Waals surface area contributed by atoms with Crippen molar-refractivity contribution in [2.24, 2.45) is 0 Å². The van der Waals surface area contributed by atoms with Gasteiger partial charge in [-0.2, -0.15) is 0 Å². The van der Waals surface area contributed by atoms with E-state index in [0.29, 0.717) is 35.8 Å². The Bertz CT molecular complexity index is 835. The zero-order chi connectivity index (χ0) is 18.8. The Balaban J connectivity index is 1.81. The SMILES string of the molecule is CCN1CCN(C(=O)c2ccc(-c3cc(Cl)ccc3O)cc2)[C@@H](C)C1=O. The average Bonchev–Trinajstić information content (AvgIpc) is 2.65. The van der Waals surface area contributed by atoms with Crippen molar-refractivity contribution >= 4 is 23.4 Å². The van der Waals surface area contributed by atoms with Crippen molar-refractivity contribution in [2.45, 2.75) is 19.9 Å². The molecule has 0 aromatic heterocycles. The summed E-state index contributed by atoms with van der Waals surface area (Å²) in [6.45, 7) is 5.44. The number of piperazine rings is 1. The molecule has 1 aliphatic heterocycles. The van der Waals surface area contributed by atoms with Gasteiger partial charge in [-0.1, -0.05) is 23.7 Å². The van der Waals surface area contributed by atoms with Crippen LogP contribution in [-0.2, 0) is 4.79 Å². The van der Waals surface area contributed by atoms with Crippen LogP contribution in [0.15, 0.2) is 42.5 Å². The molecule has 3 rings (SSSR count).